The van der Waals surface area contributed by atoms with Gasteiger partial charge in [0.15, 0.2) is 0 Å². The van der Waals surface area contributed by atoms with Gasteiger partial charge in [-0.3, -0.25) is 29.4 Å². The van der Waals surface area contributed by atoms with Gasteiger partial charge >= 0.3 is 0 Å². The summed E-state index contributed by atoms with van der Waals surface area (Å²) >= 11 is 6.30. The fourth-order valence-electron chi connectivity index (χ4n) is 11.3. The first-order chi connectivity index (χ1) is 28.6. The van der Waals surface area contributed by atoms with Gasteiger partial charge in [0.05, 0.1) is 34.1 Å². The Hall–Kier alpha value is -5.26. The molecule has 6 heterocycles. The molecule has 1 N–H and O–H groups in total. The summed E-state index contributed by atoms with van der Waals surface area (Å²) in [5, 5.41) is 11.9. The first-order valence-electron chi connectivity index (χ1n) is 21.0. The van der Waals surface area contributed by atoms with E-state index in [4.69, 9.17) is 21.3 Å². The molecule has 1 unspecified atom stereocenters. The lowest BCUT2D eigenvalue weighted by atomic mass is 9.49. The van der Waals surface area contributed by atoms with E-state index in [0.717, 1.165) is 57.1 Å². The van der Waals surface area contributed by atoms with Gasteiger partial charge < -0.3 is 24.3 Å². The molecule has 0 bridgehead atoms. The highest BCUT2D eigenvalue weighted by atomic mass is 35.5. The smallest absolute Gasteiger partial charge is 0.256 e. The summed E-state index contributed by atoms with van der Waals surface area (Å²) in [4.78, 5) is 66.5. The van der Waals surface area contributed by atoms with Gasteiger partial charge in [-0.05, 0) is 67.1 Å². The van der Waals surface area contributed by atoms with Crippen LogP contribution in [0.4, 0.5) is 15.9 Å². The van der Waals surface area contributed by atoms with E-state index in [1.54, 1.807) is 24.3 Å². The number of carbonyl (C=O) groups is 4. The number of nitrogens with one attached hydrogen (secondary N) is 1. The molecule has 1 aliphatic carbocycles. The third kappa shape index (κ3) is 6.83. The summed E-state index contributed by atoms with van der Waals surface area (Å²) in [6.45, 7) is 14.9. The highest BCUT2D eigenvalue weighted by Crippen LogP contribution is 2.59. The van der Waals surface area contributed by atoms with Gasteiger partial charge in [-0.15, -0.1) is 0 Å². The molecule has 13 nitrogen and oxygen atoms in total. The van der Waals surface area contributed by atoms with Crippen LogP contribution in [0.15, 0.2) is 42.5 Å². The number of rotatable bonds is 8. The summed E-state index contributed by atoms with van der Waals surface area (Å²) < 4.78 is 22.0. The third-order valence-corrected chi connectivity index (χ3v) is 14.2. The van der Waals surface area contributed by atoms with Crippen molar-refractivity contribution >= 4 is 46.7 Å². The summed E-state index contributed by atoms with van der Waals surface area (Å²) in [6, 6.07) is 13.4. The zero-order valence-corrected chi connectivity index (χ0v) is 35.2. The number of nitrogens with zero attached hydrogens (tertiary/aromatic N) is 7. The van der Waals surface area contributed by atoms with Crippen LogP contribution in [0.1, 0.15) is 90.9 Å². The number of aromatic nitrogens is 1. The fourth-order valence-corrected chi connectivity index (χ4v) is 11.5. The number of pyridine rings is 1. The SMILES string of the molecule is CC1(C)[C@H](Oc2ccc(C#N)c(Cl)c2)C(C)(C)[C@H]1N1Cc2nc(N3CCC(CN4CCN(c5cc6c(cc5F)C(=O)N(C5CCC(=O)NC5=O)C6)CC4)CC3)ccc2C1=O. The third-order valence-electron chi connectivity index (χ3n) is 13.9. The van der Waals surface area contributed by atoms with Crippen LogP contribution < -0.4 is 19.9 Å². The van der Waals surface area contributed by atoms with Crippen LogP contribution in [0, 0.1) is 33.9 Å². The van der Waals surface area contributed by atoms with Crippen molar-refractivity contribution in [2.24, 2.45) is 16.7 Å². The van der Waals surface area contributed by atoms with Crippen molar-refractivity contribution in [3.63, 3.8) is 0 Å². The Balaban J connectivity index is 0.768. The van der Waals surface area contributed by atoms with E-state index in [1.807, 2.05) is 21.9 Å². The van der Waals surface area contributed by atoms with E-state index in [2.05, 4.69) is 48.9 Å². The Morgan fingerprint density at radius 2 is 1.58 bits per heavy atom. The molecule has 9 rings (SSSR count). The quantitative estimate of drug-likeness (QED) is 0.294. The average molecular weight is 837 g/mol. The zero-order chi connectivity index (χ0) is 42.2. The maximum atomic E-state index is 15.5. The largest absolute Gasteiger partial charge is 0.489 e. The van der Waals surface area contributed by atoms with E-state index in [1.165, 1.54) is 11.0 Å². The lowest BCUT2D eigenvalue weighted by molar-refractivity contribution is -0.199. The first kappa shape index (κ1) is 40.2. The number of nitriles is 1. The fraction of sp³-hybridized carbons (Fsp3) is 0.511. The summed E-state index contributed by atoms with van der Waals surface area (Å²) in [6.07, 6.45) is 2.30. The Bertz CT molecular complexity index is 2320. The van der Waals surface area contributed by atoms with E-state index in [0.29, 0.717) is 58.7 Å². The number of hydrogen-bond acceptors (Lipinski definition) is 10. The number of fused-ring (bicyclic) bond motifs is 2. The van der Waals surface area contributed by atoms with E-state index < -0.39 is 17.8 Å². The summed E-state index contributed by atoms with van der Waals surface area (Å²) in [5.74, 6) is 0.399. The molecule has 3 aromatic rings. The number of anilines is 2. The molecule has 0 spiro atoms. The highest BCUT2D eigenvalue weighted by molar-refractivity contribution is 6.31. The van der Waals surface area contributed by atoms with Gasteiger partial charge in [0, 0.05) is 87.3 Å². The highest BCUT2D eigenvalue weighted by Gasteiger charge is 2.67. The van der Waals surface area contributed by atoms with E-state index in [9.17, 15) is 24.4 Å². The number of imide groups is 1. The maximum absolute atomic E-state index is 15.5. The second-order valence-electron chi connectivity index (χ2n) is 18.5. The van der Waals surface area contributed by atoms with Crippen LogP contribution in [-0.2, 0) is 22.7 Å². The predicted molar refractivity (Wildman–Crippen MR) is 222 cm³/mol. The van der Waals surface area contributed by atoms with Crippen molar-refractivity contribution in [2.45, 2.75) is 84.7 Å². The van der Waals surface area contributed by atoms with Gasteiger partial charge in [-0.25, -0.2) is 9.37 Å². The summed E-state index contributed by atoms with van der Waals surface area (Å²) in [5.41, 5.74) is 2.62. The normalized spacial score (nSPS) is 25.2. The molecule has 15 heteroatoms. The molecule has 4 amide bonds. The minimum atomic E-state index is -0.733. The molecule has 2 aromatic carbocycles. The standard InChI is InChI=1S/C45H50ClFN8O5/c1-44(2)42(45(3,4)43(44)60-29-6-5-27(22-48)32(46)20-29)55-25-34-30(40(55)58)7-9-37(49-34)53-13-11-26(12-14-53)23-51-15-17-52(18-16-51)36-19-28-24-54(41(59)31(28)21-33(36)47)35-8-10-38(56)50-39(35)57/h5-7,9,19-21,26,35,42-43H,8,10-18,23-25H2,1-4H3,(H,50,56,57)/t35?,42-,43-. The van der Waals surface area contributed by atoms with Crippen molar-refractivity contribution in [1.29, 1.82) is 5.26 Å². The van der Waals surface area contributed by atoms with Crippen LogP contribution in [0.2, 0.25) is 5.02 Å². The molecule has 3 saturated heterocycles. The zero-order valence-electron chi connectivity index (χ0n) is 34.5. The predicted octanol–water partition coefficient (Wildman–Crippen LogP) is 5.38. The lowest BCUT2D eigenvalue weighted by Crippen LogP contribution is -2.74. The number of piperidine rings is 2. The Morgan fingerprint density at radius 1 is 0.867 bits per heavy atom. The second kappa shape index (κ2) is 15.0. The number of carbonyl (C=O) groups excluding carboxylic acids is 4. The number of hydrogen-bond donors (Lipinski definition) is 1. The van der Waals surface area contributed by atoms with Gasteiger partial charge in [0.25, 0.3) is 11.8 Å². The second-order valence-corrected chi connectivity index (χ2v) is 18.9. The van der Waals surface area contributed by atoms with Crippen LogP contribution in [0.25, 0.3) is 0 Å². The van der Waals surface area contributed by atoms with Crippen LogP contribution in [-0.4, -0.2) is 107 Å². The van der Waals surface area contributed by atoms with Gasteiger partial charge in [-0.1, -0.05) is 39.3 Å². The molecule has 5 aliphatic heterocycles. The topological polar surface area (TPSA) is 142 Å². The van der Waals surface area contributed by atoms with Crippen LogP contribution in [0.5, 0.6) is 5.75 Å². The van der Waals surface area contributed by atoms with Crippen molar-refractivity contribution < 1.29 is 28.3 Å². The molecule has 0 radical (unpaired) electrons. The molecule has 1 atom stereocenters. The Kier molecular flexibility index (Phi) is 10.1. The van der Waals surface area contributed by atoms with E-state index in [-0.39, 0.29) is 65.6 Å². The molecule has 6 aliphatic rings. The number of piperazine rings is 1. The van der Waals surface area contributed by atoms with Gasteiger partial charge in [-0.2, -0.15) is 5.26 Å². The van der Waals surface area contributed by atoms with Crippen LogP contribution >= 0.6 is 11.6 Å². The number of benzene rings is 2. The van der Waals surface area contributed by atoms with Crippen molar-refractivity contribution in [3.05, 3.63) is 81.3 Å². The van der Waals surface area contributed by atoms with Crippen LogP contribution in [0.3, 0.4) is 0 Å². The molecule has 60 heavy (non-hydrogen) atoms. The average Bonchev–Trinajstić information content (AvgIpc) is 3.70. The number of ether oxygens (including phenoxy) is 1. The first-order valence-corrected chi connectivity index (χ1v) is 21.4. The number of amides is 4. The molecule has 1 aromatic heterocycles. The minimum Gasteiger partial charge on any atom is -0.489 e. The molecular formula is C45H50ClFN8O5. The van der Waals surface area contributed by atoms with Crippen molar-refractivity contribution in [3.8, 4) is 11.8 Å². The monoisotopic (exact) mass is 836 g/mol. The molecule has 1 saturated carbocycles. The molecule has 4 fully saturated rings. The molecular weight excluding hydrogens is 787 g/mol. The summed E-state index contributed by atoms with van der Waals surface area (Å²) in [7, 11) is 0. The van der Waals surface area contributed by atoms with Crippen molar-refractivity contribution in [1.82, 2.24) is 25.0 Å². The van der Waals surface area contributed by atoms with Crippen molar-refractivity contribution in [2.75, 3.05) is 55.6 Å². The molecule has 314 valence electrons. The van der Waals surface area contributed by atoms with E-state index >= 15 is 4.39 Å². The van der Waals surface area contributed by atoms with Gasteiger partial charge in [0.2, 0.25) is 11.8 Å². The maximum Gasteiger partial charge on any atom is 0.256 e. The lowest BCUT2D eigenvalue weighted by Gasteiger charge is -2.65. The van der Waals surface area contributed by atoms with Gasteiger partial charge in [0.1, 0.15) is 35.6 Å². The number of halogens is 2. The minimum absolute atomic E-state index is 0.000638. The Morgan fingerprint density at radius 3 is 2.27 bits per heavy atom. The Labute approximate surface area is 354 Å².